The zero-order valence-electron chi connectivity index (χ0n) is 73.4. The lowest BCUT2D eigenvalue weighted by Crippen LogP contribution is -2.70. The third kappa shape index (κ3) is 50.1. The topological polar surface area (TPSA) is 380 Å². The van der Waals surface area contributed by atoms with Crippen LogP contribution in [0.1, 0.15) is 407 Å². The van der Waals surface area contributed by atoms with E-state index in [2.05, 4.69) is 46.8 Å². The standard InChI is InChI=1S/C91H169O25P/c1-6-10-14-18-22-25-28-31-32-33-36-39-42-45-53-59-65-77(96)113-86-82(101)83(102)87(114-90-84(103)80(99)78(97)72(66-92)111-90)89(88(86)115-91-85(104)81(100)79(98)73(112-91)69-108-75(94)63-57-50-43-40-37-34-29-26-23-19-15-11-7-2)116-117(105,106)109-68-71(110-76(95)64-58-52-44-41-38-35-30-27-24-20-16-12-8-3)67-107-74(93)62-56-51-47-46-49-55-61-70(5)60-54-48-21-17-13-9-4/h35,38,70-73,78-92,97-104H,6-34,36-37,39-69H2,1-5H3,(H,105,106)/b38-35-. The number of ether oxygens (including phenoxy) is 8. The predicted octanol–water partition coefficient (Wildman–Crippen LogP) is 17.4. The van der Waals surface area contributed by atoms with Crippen LogP contribution >= 0.6 is 7.82 Å². The summed E-state index contributed by atoms with van der Waals surface area (Å²) in [5.74, 6) is -2.29. The molecule has 0 bridgehead atoms. The average Bonchev–Trinajstić information content (AvgIpc) is 0.757. The highest BCUT2D eigenvalue weighted by Gasteiger charge is 2.60. The molecule has 0 aromatic carbocycles. The van der Waals surface area contributed by atoms with Crippen LogP contribution in [0.15, 0.2) is 12.2 Å². The summed E-state index contributed by atoms with van der Waals surface area (Å²) < 4.78 is 73.5. The number of esters is 4. The molecule has 2 aliphatic heterocycles. The first-order valence-corrected chi connectivity index (χ1v) is 48.8. The average molecular weight is 1690 g/mol. The quantitative estimate of drug-likeness (QED) is 0.00889. The minimum Gasteiger partial charge on any atom is -0.463 e. The Kier molecular flexibility index (Phi) is 64.4. The van der Waals surface area contributed by atoms with Crippen LogP contribution in [-0.2, 0) is 70.7 Å². The van der Waals surface area contributed by atoms with Gasteiger partial charge in [-0.15, -0.1) is 0 Å². The maximum atomic E-state index is 14.9. The van der Waals surface area contributed by atoms with E-state index < -0.39 is 162 Å². The molecular formula is C91H169O25P. The molecule has 0 aromatic rings. The van der Waals surface area contributed by atoms with E-state index in [1.807, 2.05) is 0 Å². The smallest absolute Gasteiger partial charge is 0.463 e. The Morgan fingerprint density at radius 3 is 1.11 bits per heavy atom. The van der Waals surface area contributed by atoms with E-state index in [0.29, 0.717) is 44.4 Å². The molecule has 19 unspecified atom stereocenters. The number of rotatable bonds is 76. The number of phosphoric ester groups is 1. The van der Waals surface area contributed by atoms with Crippen molar-refractivity contribution in [1.82, 2.24) is 0 Å². The molecule has 3 fully saturated rings. The zero-order chi connectivity index (χ0) is 85.5. The molecule has 0 radical (unpaired) electrons. The SMILES string of the molecule is CCCCCCCC/C=C\CCCCCC(=O)OC(COC(=O)CCCCCCCCC(C)CCCCCCCC)COP(=O)(O)OC1C(OC2OC(CO)C(O)C(O)C2O)C(O)C(O)C(OC(=O)CCCCCCCCCCCCCCCCCC)C1OC1OC(COC(=O)CCCCCCCCCCCCCCC)C(O)C(O)C1O. The Hall–Kier alpha value is -2.79. The third-order valence-corrected chi connectivity index (χ3v) is 24.4. The lowest BCUT2D eigenvalue weighted by Gasteiger charge is -2.50. The van der Waals surface area contributed by atoms with Crippen molar-refractivity contribution in [3.8, 4) is 0 Å². The maximum absolute atomic E-state index is 14.9. The summed E-state index contributed by atoms with van der Waals surface area (Å²) >= 11 is 0. The van der Waals surface area contributed by atoms with E-state index in [1.165, 1.54) is 186 Å². The van der Waals surface area contributed by atoms with Gasteiger partial charge >= 0.3 is 31.7 Å². The van der Waals surface area contributed by atoms with Crippen molar-refractivity contribution in [1.29, 1.82) is 0 Å². The third-order valence-electron chi connectivity index (χ3n) is 23.4. The molecule has 25 nitrogen and oxygen atoms in total. The van der Waals surface area contributed by atoms with Gasteiger partial charge in [0, 0.05) is 25.7 Å². The summed E-state index contributed by atoms with van der Waals surface area (Å²) in [5, 5.41) is 102. The van der Waals surface area contributed by atoms with Crippen LogP contribution in [0.25, 0.3) is 0 Å². The minimum atomic E-state index is -5.81. The number of phosphoric acid groups is 1. The highest BCUT2D eigenvalue weighted by molar-refractivity contribution is 7.47. The maximum Gasteiger partial charge on any atom is 0.472 e. The molecule has 3 aliphatic rings. The van der Waals surface area contributed by atoms with Crippen LogP contribution in [0, 0.1) is 5.92 Å². The predicted molar refractivity (Wildman–Crippen MR) is 453 cm³/mol. The highest BCUT2D eigenvalue weighted by atomic mass is 31.2. The lowest BCUT2D eigenvalue weighted by molar-refractivity contribution is -0.360. The van der Waals surface area contributed by atoms with Crippen molar-refractivity contribution in [2.45, 2.75) is 511 Å². The van der Waals surface area contributed by atoms with Gasteiger partial charge in [-0.05, 0) is 57.3 Å². The van der Waals surface area contributed by atoms with E-state index in [-0.39, 0.29) is 25.7 Å². The first-order valence-electron chi connectivity index (χ1n) is 47.3. The first-order chi connectivity index (χ1) is 56.6. The molecule has 117 heavy (non-hydrogen) atoms. The van der Waals surface area contributed by atoms with Crippen molar-refractivity contribution in [2.75, 3.05) is 26.4 Å². The molecular weight excluding hydrogens is 1520 g/mol. The molecule has 19 atom stereocenters. The molecule has 688 valence electrons. The van der Waals surface area contributed by atoms with Gasteiger partial charge in [0.2, 0.25) is 0 Å². The Bertz CT molecular complexity index is 2500. The normalized spacial score (nSPS) is 25.3. The fourth-order valence-corrected chi connectivity index (χ4v) is 16.8. The van der Waals surface area contributed by atoms with Crippen molar-refractivity contribution >= 4 is 31.7 Å². The zero-order valence-corrected chi connectivity index (χ0v) is 74.3. The van der Waals surface area contributed by atoms with Crippen LogP contribution < -0.4 is 0 Å². The molecule has 1 saturated carbocycles. The Labute approximate surface area is 705 Å². The molecule has 0 amide bonds. The molecule has 0 aromatic heterocycles. The fraction of sp³-hybridized carbons (Fsp3) is 0.934. The highest BCUT2D eigenvalue weighted by Crippen LogP contribution is 2.49. The molecule has 26 heteroatoms. The van der Waals surface area contributed by atoms with E-state index in [0.717, 1.165) is 122 Å². The van der Waals surface area contributed by atoms with Crippen LogP contribution in [0.2, 0.25) is 0 Å². The summed E-state index contributed by atoms with van der Waals surface area (Å²) in [4.78, 5) is 66.5. The van der Waals surface area contributed by atoms with Crippen molar-refractivity contribution in [3.05, 3.63) is 12.2 Å². The van der Waals surface area contributed by atoms with Crippen LogP contribution in [0.4, 0.5) is 0 Å². The Balaban J connectivity index is 1.93. The van der Waals surface area contributed by atoms with Crippen LogP contribution in [-0.4, -0.2) is 205 Å². The summed E-state index contributed by atoms with van der Waals surface area (Å²) in [6, 6.07) is 0. The second-order valence-corrected chi connectivity index (χ2v) is 35.6. The van der Waals surface area contributed by atoms with E-state index >= 15 is 0 Å². The summed E-state index contributed by atoms with van der Waals surface area (Å²) in [6.45, 7) is 7.92. The number of unbranched alkanes of at least 4 members (excludes halogenated alkanes) is 46. The van der Waals surface area contributed by atoms with Gasteiger partial charge < -0.3 is 88.7 Å². The molecule has 2 saturated heterocycles. The number of hydrogen-bond donors (Lipinski definition) is 10. The first kappa shape index (κ1) is 108. The number of aliphatic hydroxyl groups excluding tert-OH is 9. The summed E-state index contributed by atoms with van der Waals surface area (Å²) in [5.41, 5.74) is 0. The van der Waals surface area contributed by atoms with E-state index in [1.54, 1.807) is 0 Å². The largest absolute Gasteiger partial charge is 0.472 e. The molecule has 10 N–H and O–H groups in total. The van der Waals surface area contributed by atoms with E-state index in [4.69, 9.17) is 46.9 Å². The second-order valence-electron chi connectivity index (χ2n) is 34.2. The molecule has 3 rings (SSSR count). The Morgan fingerprint density at radius 2 is 0.692 bits per heavy atom. The minimum absolute atomic E-state index is 0.0176. The molecule has 1 aliphatic carbocycles. The van der Waals surface area contributed by atoms with Gasteiger partial charge in [0.25, 0.3) is 0 Å². The van der Waals surface area contributed by atoms with E-state index in [9.17, 15) is 74.6 Å². The van der Waals surface area contributed by atoms with Gasteiger partial charge in [-0.3, -0.25) is 28.2 Å². The molecule has 2 heterocycles. The van der Waals surface area contributed by atoms with Gasteiger partial charge in [-0.1, -0.05) is 342 Å². The second kappa shape index (κ2) is 69.5. The number of allylic oxidation sites excluding steroid dienone is 2. The number of hydrogen-bond acceptors (Lipinski definition) is 24. The van der Waals surface area contributed by atoms with Gasteiger partial charge in [0.1, 0.15) is 92.6 Å². The number of carbonyl (C=O) groups excluding carboxylic acids is 4. The van der Waals surface area contributed by atoms with Crippen LogP contribution in [0.5, 0.6) is 0 Å². The summed E-state index contributed by atoms with van der Waals surface area (Å²) in [7, 11) is -5.81. The van der Waals surface area contributed by atoms with Crippen LogP contribution in [0.3, 0.4) is 0 Å². The van der Waals surface area contributed by atoms with Gasteiger partial charge in [0.05, 0.1) is 13.2 Å². The van der Waals surface area contributed by atoms with Gasteiger partial charge in [-0.25, -0.2) is 4.57 Å². The van der Waals surface area contributed by atoms with Crippen molar-refractivity contribution < 1.29 is 122 Å². The summed E-state index contributed by atoms with van der Waals surface area (Å²) in [6.07, 6.45) is 26.4. The molecule has 0 spiro atoms. The van der Waals surface area contributed by atoms with Crippen molar-refractivity contribution in [2.24, 2.45) is 5.92 Å². The monoisotopic (exact) mass is 1690 g/mol. The lowest BCUT2D eigenvalue weighted by atomic mass is 9.84. The number of carbonyl (C=O) groups is 4. The fourth-order valence-electron chi connectivity index (χ4n) is 15.8. The Morgan fingerprint density at radius 1 is 0.359 bits per heavy atom. The van der Waals surface area contributed by atoms with Gasteiger partial charge in [0.15, 0.2) is 24.8 Å². The van der Waals surface area contributed by atoms with Crippen molar-refractivity contribution in [3.63, 3.8) is 0 Å². The number of aliphatic hydroxyl groups is 9. The van der Waals surface area contributed by atoms with Gasteiger partial charge in [-0.2, -0.15) is 0 Å².